The Bertz CT molecular complexity index is 722. The number of nitriles is 1. The molecule has 0 N–H and O–H groups in total. The summed E-state index contributed by atoms with van der Waals surface area (Å²) in [5.74, 6) is 0. The van der Waals surface area contributed by atoms with Crippen LogP contribution in [0.25, 0.3) is 12.2 Å². The Labute approximate surface area is 134 Å². The van der Waals surface area contributed by atoms with Gasteiger partial charge in [0.15, 0.2) is 0 Å². The molecule has 4 nitrogen and oxygen atoms in total. The number of fused-ring (bicyclic) bond motifs is 1. The van der Waals surface area contributed by atoms with Crippen molar-refractivity contribution in [2.75, 3.05) is 6.54 Å². The summed E-state index contributed by atoms with van der Waals surface area (Å²) < 4.78 is 0. The quantitative estimate of drug-likeness (QED) is 0.872. The van der Waals surface area contributed by atoms with Crippen LogP contribution in [0.4, 0.5) is 0 Å². The third-order valence-electron chi connectivity index (χ3n) is 3.82. The van der Waals surface area contributed by atoms with Crippen molar-refractivity contribution in [3.8, 4) is 6.07 Å². The standard InChI is InChI=1S/C17H18N4S/c1-12(2)21-8-7-15-16(11-21)22-17(20-15)6-5-14-4-3-13(9-18)10-19-14/h3-6,10,12H,7-8,11H2,1-2H3/b6-5+. The van der Waals surface area contributed by atoms with Gasteiger partial charge >= 0.3 is 0 Å². The fourth-order valence-corrected chi connectivity index (χ4v) is 3.51. The van der Waals surface area contributed by atoms with E-state index in [0.717, 1.165) is 30.2 Å². The van der Waals surface area contributed by atoms with E-state index in [0.29, 0.717) is 11.6 Å². The minimum Gasteiger partial charge on any atom is -0.295 e. The van der Waals surface area contributed by atoms with Gasteiger partial charge < -0.3 is 0 Å². The van der Waals surface area contributed by atoms with Gasteiger partial charge in [-0.1, -0.05) is 0 Å². The lowest BCUT2D eigenvalue weighted by Gasteiger charge is -2.29. The molecule has 22 heavy (non-hydrogen) atoms. The second kappa shape index (κ2) is 6.39. The molecule has 112 valence electrons. The van der Waals surface area contributed by atoms with E-state index < -0.39 is 0 Å². The molecule has 2 aromatic rings. The molecule has 0 unspecified atom stereocenters. The van der Waals surface area contributed by atoms with E-state index in [1.54, 1.807) is 23.6 Å². The van der Waals surface area contributed by atoms with Crippen molar-refractivity contribution in [3.05, 3.63) is 45.2 Å². The van der Waals surface area contributed by atoms with E-state index in [1.165, 1.54) is 10.6 Å². The first-order valence-electron chi connectivity index (χ1n) is 7.42. The molecule has 1 aliphatic rings. The molecule has 0 fully saturated rings. The number of rotatable bonds is 3. The Hall–Kier alpha value is -2.03. The van der Waals surface area contributed by atoms with Crippen molar-refractivity contribution in [2.45, 2.75) is 32.9 Å². The van der Waals surface area contributed by atoms with Crippen molar-refractivity contribution in [2.24, 2.45) is 0 Å². The summed E-state index contributed by atoms with van der Waals surface area (Å²) in [4.78, 5) is 12.8. The fraction of sp³-hybridized carbons (Fsp3) is 0.353. The first kappa shape index (κ1) is 14.9. The zero-order chi connectivity index (χ0) is 15.5. The maximum Gasteiger partial charge on any atom is 0.116 e. The Morgan fingerprint density at radius 3 is 2.91 bits per heavy atom. The number of hydrogen-bond acceptors (Lipinski definition) is 5. The zero-order valence-corrected chi connectivity index (χ0v) is 13.6. The van der Waals surface area contributed by atoms with E-state index >= 15 is 0 Å². The van der Waals surface area contributed by atoms with Gasteiger partial charge in [0.25, 0.3) is 0 Å². The zero-order valence-electron chi connectivity index (χ0n) is 12.8. The molecule has 0 saturated heterocycles. The van der Waals surface area contributed by atoms with Gasteiger partial charge in [-0.05, 0) is 38.1 Å². The normalized spacial score (nSPS) is 15.2. The van der Waals surface area contributed by atoms with Crippen LogP contribution >= 0.6 is 11.3 Å². The summed E-state index contributed by atoms with van der Waals surface area (Å²) in [6.45, 7) is 6.58. The molecule has 2 aromatic heterocycles. The first-order chi connectivity index (χ1) is 10.7. The van der Waals surface area contributed by atoms with E-state index in [1.807, 2.05) is 18.2 Å². The predicted molar refractivity (Wildman–Crippen MR) is 89.2 cm³/mol. The van der Waals surface area contributed by atoms with Gasteiger partial charge in [-0.25, -0.2) is 4.98 Å². The molecule has 0 atom stereocenters. The van der Waals surface area contributed by atoms with Gasteiger partial charge in [0.05, 0.1) is 17.0 Å². The number of hydrogen-bond donors (Lipinski definition) is 0. The van der Waals surface area contributed by atoms with Gasteiger partial charge in [0, 0.05) is 36.6 Å². The summed E-state index contributed by atoms with van der Waals surface area (Å²) in [7, 11) is 0. The van der Waals surface area contributed by atoms with Crippen LogP contribution in [0.5, 0.6) is 0 Å². The Morgan fingerprint density at radius 2 is 2.23 bits per heavy atom. The molecule has 3 rings (SSSR count). The Kier molecular flexibility index (Phi) is 4.32. The number of aromatic nitrogens is 2. The molecule has 0 aliphatic carbocycles. The van der Waals surface area contributed by atoms with Crippen LogP contribution in [0.2, 0.25) is 0 Å². The second-order valence-corrected chi connectivity index (χ2v) is 6.77. The van der Waals surface area contributed by atoms with Crippen LogP contribution in [0.1, 0.15) is 40.7 Å². The largest absolute Gasteiger partial charge is 0.295 e. The second-order valence-electron chi connectivity index (χ2n) is 5.65. The van der Waals surface area contributed by atoms with Crippen LogP contribution in [0, 0.1) is 11.3 Å². The molecule has 0 spiro atoms. The van der Waals surface area contributed by atoms with Gasteiger partial charge in [-0.15, -0.1) is 11.3 Å². The lowest BCUT2D eigenvalue weighted by molar-refractivity contribution is 0.205. The summed E-state index contributed by atoms with van der Waals surface area (Å²) in [6, 6.07) is 6.28. The van der Waals surface area contributed by atoms with E-state index in [2.05, 4.69) is 29.8 Å². The Balaban J connectivity index is 1.74. The molecule has 0 bridgehead atoms. The van der Waals surface area contributed by atoms with Gasteiger partial charge in [0.2, 0.25) is 0 Å². The smallest absolute Gasteiger partial charge is 0.116 e. The molecule has 0 saturated carbocycles. The number of pyridine rings is 1. The molecular formula is C17H18N4S. The topological polar surface area (TPSA) is 52.8 Å². The Morgan fingerprint density at radius 1 is 1.36 bits per heavy atom. The maximum atomic E-state index is 8.77. The molecule has 1 aliphatic heterocycles. The van der Waals surface area contributed by atoms with Crippen LogP contribution < -0.4 is 0 Å². The fourth-order valence-electron chi connectivity index (χ4n) is 2.47. The highest BCUT2D eigenvalue weighted by Gasteiger charge is 2.21. The van der Waals surface area contributed by atoms with Crippen LogP contribution in [0.15, 0.2) is 18.3 Å². The summed E-state index contributed by atoms with van der Waals surface area (Å²) in [5, 5.41) is 9.80. The highest BCUT2D eigenvalue weighted by molar-refractivity contribution is 7.12. The third-order valence-corrected chi connectivity index (χ3v) is 4.87. The number of nitrogens with zero attached hydrogens (tertiary/aromatic N) is 4. The summed E-state index contributed by atoms with van der Waals surface area (Å²) in [6.07, 6.45) is 6.59. The minimum atomic E-state index is 0.579. The van der Waals surface area contributed by atoms with Gasteiger partial charge in [-0.2, -0.15) is 5.26 Å². The van der Waals surface area contributed by atoms with Crippen molar-refractivity contribution in [1.82, 2.24) is 14.9 Å². The highest BCUT2D eigenvalue weighted by Crippen LogP contribution is 2.27. The molecule has 0 amide bonds. The van der Waals surface area contributed by atoms with Gasteiger partial charge in [0.1, 0.15) is 11.1 Å². The molecular weight excluding hydrogens is 292 g/mol. The molecule has 5 heteroatoms. The maximum absolute atomic E-state index is 8.77. The monoisotopic (exact) mass is 310 g/mol. The third kappa shape index (κ3) is 3.24. The van der Waals surface area contributed by atoms with Crippen LogP contribution in [-0.4, -0.2) is 27.5 Å². The SMILES string of the molecule is CC(C)N1CCc2nc(/C=C/c3ccc(C#N)cn3)sc2C1. The predicted octanol–water partition coefficient (Wildman–Crippen LogP) is 3.35. The van der Waals surface area contributed by atoms with Crippen molar-refractivity contribution >= 4 is 23.5 Å². The first-order valence-corrected chi connectivity index (χ1v) is 8.24. The summed E-state index contributed by atoms with van der Waals surface area (Å²) >= 11 is 1.76. The van der Waals surface area contributed by atoms with Gasteiger partial charge in [-0.3, -0.25) is 9.88 Å². The average Bonchev–Trinajstić information content (AvgIpc) is 2.95. The molecule has 0 radical (unpaired) electrons. The number of thiazole rings is 1. The van der Waals surface area contributed by atoms with E-state index in [4.69, 9.17) is 10.2 Å². The lowest BCUT2D eigenvalue weighted by atomic mass is 10.1. The average molecular weight is 310 g/mol. The van der Waals surface area contributed by atoms with Crippen LogP contribution in [0.3, 0.4) is 0 Å². The van der Waals surface area contributed by atoms with Crippen molar-refractivity contribution < 1.29 is 0 Å². The highest BCUT2D eigenvalue weighted by atomic mass is 32.1. The van der Waals surface area contributed by atoms with Crippen molar-refractivity contribution in [3.63, 3.8) is 0 Å². The van der Waals surface area contributed by atoms with E-state index in [-0.39, 0.29) is 0 Å². The molecule has 3 heterocycles. The molecule has 0 aromatic carbocycles. The van der Waals surface area contributed by atoms with Crippen LogP contribution in [-0.2, 0) is 13.0 Å². The lowest BCUT2D eigenvalue weighted by Crippen LogP contribution is -2.35. The minimum absolute atomic E-state index is 0.579. The van der Waals surface area contributed by atoms with Crippen molar-refractivity contribution in [1.29, 1.82) is 5.26 Å². The van der Waals surface area contributed by atoms with E-state index in [9.17, 15) is 0 Å². The summed E-state index contributed by atoms with van der Waals surface area (Å²) in [5.41, 5.74) is 2.67.